The highest BCUT2D eigenvalue weighted by Crippen LogP contribution is 2.37. The molecule has 6 heteroatoms. The Bertz CT molecular complexity index is 559. The van der Waals surface area contributed by atoms with Gasteiger partial charge in [0.15, 0.2) is 0 Å². The van der Waals surface area contributed by atoms with Gasteiger partial charge in [-0.2, -0.15) is 0 Å². The smallest absolute Gasteiger partial charge is 0.438 e. The largest absolute Gasteiger partial charge is 0.508 e. The second-order valence-electron chi connectivity index (χ2n) is 8.94. The Balaban J connectivity index is 1.68. The average Bonchev–Trinajstić information content (AvgIpc) is 2.67. The summed E-state index contributed by atoms with van der Waals surface area (Å²) in [6, 6.07) is 0. The molecule has 28 heavy (non-hydrogen) atoms. The van der Waals surface area contributed by atoms with Crippen molar-refractivity contribution in [2.75, 3.05) is 20.3 Å². The van der Waals surface area contributed by atoms with Crippen LogP contribution in [0.1, 0.15) is 66.2 Å². The molecular weight excluding hydrogens is 360 g/mol. The van der Waals surface area contributed by atoms with Gasteiger partial charge in [-0.05, 0) is 77.0 Å². The summed E-state index contributed by atoms with van der Waals surface area (Å²) in [6.07, 6.45) is 6.85. The van der Waals surface area contributed by atoms with Crippen LogP contribution in [0, 0.1) is 23.7 Å². The fourth-order valence-electron chi connectivity index (χ4n) is 4.13. The van der Waals surface area contributed by atoms with Gasteiger partial charge in [-0.3, -0.25) is 0 Å². The Labute approximate surface area is 168 Å². The van der Waals surface area contributed by atoms with Crippen molar-refractivity contribution >= 4 is 12.3 Å². The Kier molecular flexibility index (Phi) is 8.20. The third kappa shape index (κ3) is 6.71. The standard InChI is InChI=1S/C22H36O6/c1-15-6-11-19(12-16(15)2)22(3,4)28-21(24)27-14-18-9-7-17(8-10-18)13-26-20(23)25-5/h6,16-19H,7-14H2,1-5H3. The van der Waals surface area contributed by atoms with Crippen molar-refractivity contribution in [1.29, 1.82) is 0 Å². The normalized spacial score (nSPS) is 28.1. The molecule has 2 rings (SSSR count). The summed E-state index contributed by atoms with van der Waals surface area (Å²) in [6.45, 7) is 9.13. The molecule has 0 N–H and O–H groups in total. The van der Waals surface area contributed by atoms with E-state index in [1.165, 1.54) is 12.7 Å². The number of hydrogen-bond donors (Lipinski definition) is 0. The van der Waals surface area contributed by atoms with E-state index in [4.69, 9.17) is 14.2 Å². The van der Waals surface area contributed by atoms with Crippen LogP contribution in [0.25, 0.3) is 0 Å². The van der Waals surface area contributed by atoms with Gasteiger partial charge >= 0.3 is 12.3 Å². The molecule has 1 saturated carbocycles. The van der Waals surface area contributed by atoms with Crippen LogP contribution in [0.3, 0.4) is 0 Å². The fourth-order valence-corrected chi connectivity index (χ4v) is 4.13. The summed E-state index contributed by atoms with van der Waals surface area (Å²) in [7, 11) is 1.31. The third-order valence-corrected chi connectivity index (χ3v) is 6.48. The van der Waals surface area contributed by atoms with Crippen LogP contribution in [-0.4, -0.2) is 38.2 Å². The number of rotatable bonds is 6. The number of hydrogen-bond acceptors (Lipinski definition) is 6. The van der Waals surface area contributed by atoms with Gasteiger partial charge in [-0.25, -0.2) is 9.59 Å². The van der Waals surface area contributed by atoms with Gasteiger partial charge in [-0.15, -0.1) is 0 Å². The van der Waals surface area contributed by atoms with Crippen LogP contribution < -0.4 is 0 Å². The quantitative estimate of drug-likeness (QED) is 0.436. The van der Waals surface area contributed by atoms with Crippen molar-refractivity contribution in [2.45, 2.75) is 71.8 Å². The predicted molar refractivity (Wildman–Crippen MR) is 106 cm³/mol. The highest BCUT2D eigenvalue weighted by molar-refractivity contribution is 5.60. The molecule has 0 radical (unpaired) electrons. The first-order valence-electron chi connectivity index (χ1n) is 10.4. The highest BCUT2D eigenvalue weighted by Gasteiger charge is 2.36. The number of carbonyl (C=O) groups is 2. The average molecular weight is 397 g/mol. The van der Waals surface area contributed by atoms with Gasteiger partial charge in [0.05, 0.1) is 20.3 Å². The molecule has 0 amide bonds. The topological polar surface area (TPSA) is 71.1 Å². The second-order valence-corrected chi connectivity index (χ2v) is 8.94. The molecule has 1 fully saturated rings. The minimum Gasteiger partial charge on any atom is -0.438 e. The molecule has 160 valence electrons. The first kappa shape index (κ1) is 22.6. The van der Waals surface area contributed by atoms with Gasteiger partial charge in [-0.1, -0.05) is 18.6 Å². The van der Waals surface area contributed by atoms with E-state index in [1.807, 2.05) is 13.8 Å². The van der Waals surface area contributed by atoms with Gasteiger partial charge in [0, 0.05) is 5.92 Å². The molecule has 6 nitrogen and oxygen atoms in total. The molecule has 0 bridgehead atoms. The van der Waals surface area contributed by atoms with Gasteiger partial charge in [0.2, 0.25) is 0 Å². The Hall–Kier alpha value is -1.72. The molecule has 0 aromatic carbocycles. The van der Waals surface area contributed by atoms with Crippen molar-refractivity contribution in [2.24, 2.45) is 23.7 Å². The maximum Gasteiger partial charge on any atom is 0.508 e. The molecule has 0 heterocycles. The lowest BCUT2D eigenvalue weighted by atomic mass is 9.75. The number of methoxy groups -OCH3 is 1. The molecular formula is C22H36O6. The van der Waals surface area contributed by atoms with Gasteiger partial charge < -0.3 is 18.9 Å². The molecule has 2 aliphatic rings. The number of allylic oxidation sites excluding steroid dienone is 2. The fraction of sp³-hybridized carbons (Fsp3) is 0.818. The predicted octanol–water partition coefficient (Wildman–Crippen LogP) is 5.50. The molecule has 0 aromatic rings. The summed E-state index contributed by atoms with van der Waals surface area (Å²) in [5.41, 5.74) is 0.882. The SMILES string of the molecule is COC(=O)OCC1CCC(COC(=O)OC(C)(C)C2CC=C(C)C(C)C2)CC1. The summed E-state index contributed by atoms with van der Waals surface area (Å²) >= 11 is 0. The van der Waals surface area contributed by atoms with Crippen molar-refractivity contribution in [3.63, 3.8) is 0 Å². The minimum absolute atomic E-state index is 0.309. The van der Waals surface area contributed by atoms with Crippen LogP contribution >= 0.6 is 0 Å². The maximum absolute atomic E-state index is 12.2. The summed E-state index contributed by atoms with van der Waals surface area (Å²) < 4.78 is 20.6. The first-order valence-corrected chi connectivity index (χ1v) is 10.4. The molecule has 0 aromatic heterocycles. The minimum atomic E-state index is -0.631. The summed E-state index contributed by atoms with van der Waals surface area (Å²) in [5.74, 6) is 1.52. The van der Waals surface area contributed by atoms with Crippen LogP contribution in [0.15, 0.2) is 11.6 Å². The van der Waals surface area contributed by atoms with Gasteiger partial charge in [0.1, 0.15) is 5.60 Å². The molecule has 0 saturated heterocycles. The summed E-state index contributed by atoms with van der Waals surface area (Å²) in [4.78, 5) is 23.3. The lowest BCUT2D eigenvalue weighted by Crippen LogP contribution is -2.39. The van der Waals surface area contributed by atoms with E-state index >= 15 is 0 Å². The van der Waals surface area contributed by atoms with Crippen molar-refractivity contribution in [1.82, 2.24) is 0 Å². The Morgan fingerprint density at radius 1 is 1.04 bits per heavy atom. The summed E-state index contributed by atoms with van der Waals surface area (Å²) in [5, 5.41) is 0. The second kappa shape index (κ2) is 10.2. The third-order valence-electron chi connectivity index (χ3n) is 6.48. The van der Waals surface area contributed by atoms with Crippen molar-refractivity contribution in [3.8, 4) is 0 Å². The van der Waals surface area contributed by atoms with E-state index in [-0.39, 0.29) is 0 Å². The van der Waals surface area contributed by atoms with E-state index < -0.39 is 17.9 Å². The van der Waals surface area contributed by atoms with Crippen LogP contribution in [0.5, 0.6) is 0 Å². The maximum atomic E-state index is 12.2. The first-order chi connectivity index (χ1) is 13.2. The van der Waals surface area contributed by atoms with Crippen LogP contribution in [0.4, 0.5) is 9.59 Å². The monoisotopic (exact) mass is 396 g/mol. The van der Waals surface area contributed by atoms with Crippen LogP contribution in [0.2, 0.25) is 0 Å². The zero-order valence-corrected chi connectivity index (χ0v) is 18.0. The van der Waals surface area contributed by atoms with Crippen molar-refractivity contribution in [3.05, 3.63) is 11.6 Å². The van der Waals surface area contributed by atoms with E-state index in [0.717, 1.165) is 38.5 Å². The lowest BCUT2D eigenvalue weighted by Gasteiger charge is -2.37. The Morgan fingerprint density at radius 2 is 1.57 bits per heavy atom. The zero-order valence-electron chi connectivity index (χ0n) is 18.0. The zero-order chi connectivity index (χ0) is 20.7. The Morgan fingerprint density at radius 3 is 2.07 bits per heavy atom. The highest BCUT2D eigenvalue weighted by atomic mass is 16.7. The molecule has 2 unspecified atom stereocenters. The van der Waals surface area contributed by atoms with E-state index in [2.05, 4.69) is 24.7 Å². The van der Waals surface area contributed by atoms with Crippen LogP contribution in [-0.2, 0) is 18.9 Å². The molecule has 2 atom stereocenters. The number of carbonyl (C=O) groups excluding carboxylic acids is 2. The molecule has 0 aliphatic heterocycles. The van der Waals surface area contributed by atoms with E-state index in [1.54, 1.807) is 0 Å². The lowest BCUT2D eigenvalue weighted by molar-refractivity contribution is -0.0572. The van der Waals surface area contributed by atoms with E-state index in [0.29, 0.717) is 36.9 Å². The molecule has 0 spiro atoms. The van der Waals surface area contributed by atoms with E-state index in [9.17, 15) is 9.59 Å². The molecule has 2 aliphatic carbocycles. The van der Waals surface area contributed by atoms with Crippen molar-refractivity contribution < 1.29 is 28.5 Å². The number of ether oxygens (including phenoxy) is 4. The van der Waals surface area contributed by atoms with Gasteiger partial charge in [0.25, 0.3) is 0 Å².